The molecule has 0 saturated heterocycles. The molecular weight excluding hydrogens is 471 g/mol. The topological polar surface area (TPSA) is 76.7 Å². The van der Waals surface area contributed by atoms with Crippen molar-refractivity contribution in [2.45, 2.75) is 26.1 Å². The Kier molecular flexibility index (Phi) is 6.91. The zero-order valence-electron chi connectivity index (χ0n) is 19.4. The molecule has 184 valence electrons. The number of carboxylic acid groups (broad SMARTS) is 1. The van der Waals surface area contributed by atoms with E-state index in [0.717, 1.165) is 44.7 Å². The third-order valence-corrected chi connectivity index (χ3v) is 5.22. The highest BCUT2D eigenvalue weighted by Gasteiger charge is 2.38. The van der Waals surface area contributed by atoms with Crippen molar-refractivity contribution in [3.8, 4) is 28.1 Å². The number of hydrogen-bond acceptors (Lipinski definition) is 4. The maximum absolute atomic E-state index is 10.6. The van der Waals surface area contributed by atoms with Gasteiger partial charge in [0.25, 0.3) is 0 Å². The van der Waals surface area contributed by atoms with Gasteiger partial charge in [0.15, 0.2) is 0 Å². The number of pyridine rings is 2. The molecule has 0 radical (unpaired) electrons. The molecule has 5 rings (SSSR count). The molecule has 36 heavy (non-hydrogen) atoms. The van der Waals surface area contributed by atoms with Gasteiger partial charge in [-0.3, -0.25) is 9.38 Å². The number of aliphatic carboxylic acids is 1. The minimum atomic E-state index is -5.08. The fourth-order valence-corrected chi connectivity index (χ4v) is 3.67. The lowest BCUT2D eigenvalue weighted by Crippen LogP contribution is -2.21. The predicted octanol–water partition coefficient (Wildman–Crippen LogP) is 6.64. The van der Waals surface area contributed by atoms with Crippen molar-refractivity contribution in [2.24, 2.45) is 0 Å². The zero-order chi connectivity index (χ0) is 25.9. The third kappa shape index (κ3) is 5.46. The Bertz CT molecular complexity index is 1500. The van der Waals surface area contributed by atoms with Crippen molar-refractivity contribution < 1.29 is 27.8 Å². The van der Waals surface area contributed by atoms with E-state index in [1.165, 1.54) is 0 Å². The summed E-state index contributed by atoms with van der Waals surface area (Å²) >= 11 is 0. The summed E-state index contributed by atoms with van der Waals surface area (Å²) in [6.07, 6.45) is 0.916. The molecule has 5 aromatic rings. The Morgan fingerprint density at radius 2 is 1.67 bits per heavy atom. The summed E-state index contributed by atoms with van der Waals surface area (Å²) in [5, 5.41) is 8.25. The molecule has 0 fully saturated rings. The monoisotopic (exact) mass is 493 g/mol. The van der Waals surface area contributed by atoms with E-state index in [1.54, 1.807) is 0 Å². The number of hydrogen-bond donors (Lipinski definition) is 1. The van der Waals surface area contributed by atoms with Gasteiger partial charge in [-0.2, -0.15) is 13.2 Å². The normalized spacial score (nSPS) is 11.4. The molecule has 0 bridgehead atoms. The number of para-hydroxylation sites is 1. The van der Waals surface area contributed by atoms with Crippen LogP contribution in [0.2, 0.25) is 0 Å². The molecule has 0 aliphatic carbocycles. The fourth-order valence-electron chi connectivity index (χ4n) is 3.67. The van der Waals surface area contributed by atoms with Gasteiger partial charge in [0.2, 0.25) is 0 Å². The summed E-state index contributed by atoms with van der Waals surface area (Å²) in [4.78, 5) is 18.1. The molecule has 3 aromatic heterocycles. The molecule has 0 aliphatic heterocycles. The van der Waals surface area contributed by atoms with Crippen LogP contribution in [-0.4, -0.2) is 37.7 Å². The van der Waals surface area contributed by atoms with E-state index in [1.807, 2.05) is 44.4 Å². The second-order valence-corrected chi connectivity index (χ2v) is 8.16. The van der Waals surface area contributed by atoms with Gasteiger partial charge in [-0.15, -0.1) is 0 Å². The second-order valence-electron chi connectivity index (χ2n) is 8.16. The number of benzene rings is 2. The summed E-state index contributed by atoms with van der Waals surface area (Å²) in [6, 6.07) is 22.7. The quantitative estimate of drug-likeness (QED) is 0.304. The van der Waals surface area contributed by atoms with E-state index in [9.17, 15) is 13.2 Å². The van der Waals surface area contributed by atoms with Crippen molar-refractivity contribution >= 4 is 22.5 Å². The number of imidazole rings is 1. The first kappa shape index (κ1) is 24.7. The van der Waals surface area contributed by atoms with Crippen molar-refractivity contribution in [3.63, 3.8) is 0 Å². The number of carbonyl (C=O) groups is 1. The third-order valence-electron chi connectivity index (χ3n) is 5.22. The molecule has 0 atom stereocenters. The Hall–Kier alpha value is -4.40. The molecular formula is C27H22F3N3O3. The van der Waals surface area contributed by atoms with Crippen LogP contribution in [0.5, 0.6) is 5.75 Å². The van der Waals surface area contributed by atoms with Crippen molar-refractivity contribution in [1.29, 1.82) is 0 Å². The number of aromatic nitrogens is 3. The van der Waals surface area contributed by atoms with Crippen LogP contribution in [0.4, 0.5) is 13.2 Å². The van der Waals surface area contributed by atoms with Crippen LogP contribution in [0.25, 0.3) is 38.9 Å². The maximum atomic E-state index is 10.6. The van der Waals surface area contributed by atoms with E-state index in [4.69, 9.17) is 14.6 Å². The number of nitrogens with zero attached hydrogens (tertiary/aromatic N) is 3. The first-order valence-electron chi connectivity index (χ1n) is 11.0. The van der Waals surface area contributed by atoms with Gasteiger partial charge in [-0.05, 0) is 55.3 Å². The van der Waals surface area contributed by atoms with Gasteiger partial charge < -0.3 is 9.84 Å². The van der Waals surface area contributed by atoms with Gasteiger partial charge in [-0.1, -0.05) is 36.4 Å². The van der Waals surface area contributed by atoms with Gasteiger partial charge in [-0.25, -0.2) is 9.78 Å². The van der Waals surface area contributed by atoms with Crippen molar-refractivity contribution in [1.82, 2.24) is 14.4 Å². The largest absolute Gasteiger partial charge is 0.491 e. The van der Waals surface area contributed by atoms with E-state index in [-0.39, 0.29) is 6.10 Å². The van der Waals surface area contributed by atoms with Crippen LogP contribution in [0, 0.1) is 0 Å². The van der Waals surface area contributed by atoms with Gasteiger partial charge in [0.1, 0.15) is 11.4 Å². The summed E-state index contributed by atoms with van der Waals surface area (Å²) in [5.41, 5.74) is 6.28. The number of alkyl halides is 3. The molecule has 1 N–H and O–H groups in total. The highest BCUT2D eigenvalue weighted by atomic mass is 19.4. The highest BCUT2D eigenvalue weighted by molar-refractivity contribution is 5.93. The number of ether oxygens (including phenoxy) is 1. The number of fused-ring (bicyclic) bond motifs is 2. The number of halogens is 3. The van der Waals surface area contributed by atoms with Crippen LogP contribution in [0.15, 0.2) is 85.3 Å². The molecule has 0 spiro atoms. The Morgan fingerprint density at radius 3 is 2.33 bits per heavy atom. The minimum absolute atomic E-state index is 0.170. The van der Waals surface area contributed by atoms with Crippen molar-refractivity contribution in [3.05, 3.63) is 85.3 Å². The van der Waals surface area contributed by atoms with E-state index < -0.39 is 12.1 Å². The number of carboxylic acids is 1. The lowest BCUT2D eigenvalue weighted by molar-refractivity contribution is -0.192. The lowest BCUT2D eigenvalue weighted by atomic mass is 10.1. The molecule has 6 nitrogen and oxygen atoms in total. The molecule has 9 heteroatoms. The number of rotatable bonds is 4. The molecule has 3 heterocycles. The Balaban J connectivity index is 0.000000384. The smallest absolute Gasteiger partial charge is 0.490 e. The zero-order valence-corrected chi connectivity index (χ0v) is 19.4. The van der Waals surface area contributed by atoms with E-state index >= 15 is 0 Å². The van der Waals surface area contributed by atoms with Crippen molar-refractivity contribution in [2.75, 3.05) is 0 Å². The molecule has 0 aliphatic rings. The van der Waals surface area contributed by atoms with Crippen LogP contribution < -0.4 is 4.74 Å². The minimum Gasteiger partial charge on any atom is -0.491 e. The van der Waals surface area contributed by atoms with Gasteiger partial charge in [0.05, 0.1) is 23.5 Å². The summed E-state index contributed by atoms with van der Waals surface area (Å²) in [6.45, 7) is 4.06. The van der Waals surface area contributed by atoms with Crippen LogP contribution in [0.1, 0.15) is 13.8 Å². The first-order valence-corrected chi connectivity index (χ1v) is 11.0. The molecule has 0 amide bonds. The van der Waals surface area contributed by atoms with Crippen LogP contribution in [-0.2, 0) is 4.79 Å². The summed E-state index contributed by atoms with van der Waals surface area (Å²) in [7, 11) is 0. The maximum Gasteiger partial charge on any atom is 0.490 e. The predicted molar refractivity (Wildman–Crippen MR) is 131 cm³/mol. The second kappa shape index (κ2) is 10.1. The van der Waals surface area contributed by atoms with E-state index in [0.29, 0.717) is 0 Å². The van der Waals surface area contributed by atoms with Gasteiger partial charge in [0, 0.05) is 23.3 Å². The molecule has 0 saturated carbocycles. The highest BCUT2D eigenvalue weighted by Crippen LogP contribution is 2.30. The average Bonchev–Trinajstić information content (AvgIpc) is 3.27. The molecule has 2 aromatic carbocycles. The van der Waals surface area contributed by atoms with E-state index in [2.05, 4.69) is 69.1 Å². The summed E-state index contributed by atoms with van der Waals surface area (Å²) < 4.78 is 39.6. The van der Waals surface area contributed by atoms with Crippen LogP contribution in [0.3, 0.4) is 0 Å². The first-order chi connectivity index (χ1) is 17.1. The molecule has 0 unspecified atom stereocenters. The SMILES string of the molecule is CC(C)Oc1ccc(-c2ccn3c(-c4cccc5cccnc45)cnc3c2)cc1.O=C(O)C(F)(F)F. The Morgan fingerprint density at radius 1 is 0.972 bits per heavy atom. The van der Waals surface area contributed by atoms with Crippen LogP contribution >= 0.6 is 0 Å². The fraction of sp³-hybridized carbons (Fsp3) is 0.148. The summed E-state index contributed by atoms with van der Waals surface area (Å²) in [5.74, 6) is -1.87. The van der Waals surface area contributed by atoms with Gasteiger partial charge >= 0.3 is 12.1 Å². The average molecular weight is 493 g/mol. The lowest BCUT2D eigenvalue weighted by Gasteiger charge is -2.10. The Labute approximate surface area is 204 Å². The standard InChI is InChI=1S/C25H21N3O.C2HF3O2/c1-17(2)29-21-10-8-18(9-11-21)20-12-14-28-23(16-27-24(28)15-20)22-7-3-5-19-6-4-13-26-25(19)22;3-2(4,5)1(6)7/h3-17H,1-2H3;(H,6,7).